The first-order valence-electron chi connectivity index (χ1n) is 7.81. The minimum Gasteiger partial charge on any atom is -0.346 e. The number of rotatable bonds is 4. The van der Waals surface area contributed by atoms with Gasteiger partial charge in [-0.15, -0.1) is 0 Å². The normalized spacial score (nSPS) is 11.8. The van der Waals surface area contributed by atoms with Crippen LogP contribution in [-0.2, 0) is 0 Å². The van der Waals surface area contributed by atoms with Crippen molar-refractivity contribution in [1.82, 2.24) is 10.3 Å². The second-order valence-corrected chi connectivity index (χ2v) is 5.68. The van der Waals surface area contributed by atoms with E-state index in [1.807, 2.05) is 0 Å². The lowest BCUT2D eigenvalue weighted by Gasteiger charge is -2.15. The maximum Gasteiger partial charge on any atom is 0.251 e. The molecule has 0 spiro atoms. The molecule has 3 rings (SSSR count). The van der Waals surface area contributed by atoms with Gasteiger partial charge in [0.25, 0.3) is 5.91 Å². The van der Waals surface area contributed by atoms with Gasteiger partial charge in [0.15, 0.2) is 0 Å². The van der Waals surface area contributed by atoms with E-state index in [-0.39, 0.29) is 17.4 Å². The molecule has 0 saturated heterocycles. The second kappa shape index (κ2) is 7.21. The number of amides is 1. The standard InChI is InChI=1S/C20H16F2N2O/c1-13(14-2-5-17(21)6-3-14)24-20(25)16-4-7-18(19(22)12-16)15-8-10-23-11-9-15/h2-13H,1H3,(H,24,25)/t13-/m0/s1. The lowest BCUT2D eigenvalue weighted by Crippen LogP contribution is -2.26. The molecule has 0 unspecified atom stereocenters. The lowest BCUT2D eigenvalue weighted by molar-refractivity contribution is 0.0939. The van der Waals surface area contributed by atoms with Gasteiger partial charge in [-0.3, -0.25) is 9.78 Å². The molecular weight excluding hydrogens is 322 g/mol. The van der Waals surface area contributed by atoms with Gasteiger partial charge in [-0.2, -0.15) is 0 Å². The van der Waals surface area contributed by atoms with Crippen molar-refractivity contribution in [1.29, 1.82) is 0 Å². The lowest BCUT2D eigenvalue weighted by atomic mass is 10.0. The largest absolute Gasteiger partial charge is 0.346 e. The van der Waals surface area contributed by atoms with Gasteiger partial charge >= 0.3 is 0 Å². The van der Waals surface area contributed by atoms with E-state index in [1.165, 1.54) is 18.2 Å². The monoisotopic (exact) mass is 338 g/mol. The second-order valence-electron chi connectivity index (χ2n) is 5.68. The summed E-state index contributed by atoms with van der Waals surface area (Å²) in [5, 5.41) is 2.78. The summed E-state index contributed by atoms with van der Waals surface area (Å²) in [5.74, 6) is -1.21. The van der Waals surface area contributed by atoms with Crippen molar-refractivity contribution in [2.45, 2.75) is 13.0 Å². The van der Waals surface area contributed by atoms with Gasteiger partial charge in [0.1, 0.15) is 11.6 Å². The first kappa shape index (κ1) is 16.8. The molecule has 0 aliphatic carbocycles. The number of halogens is 2. The Morgan fingerprint density at radius 2 is 1.68 bits per heavy atom. The third kappa shape index (κ3) is 3.88. The number of hydrogen-bond donors (Lipinski definition) is 1. The van der Waals surface area contributed by atoms with E-state index >= 15 is 0 Å². The van der Waals surface area contributed by atoms with Crippen molar-refractivity contribution in [3.8, 4) is 11.1 Å². The fraction of sp³-hybridized carbons (Fsp3) is 0.100. The first-order valence-corrected chi connectivity index (χ1v) is 7.81. The summed E-state index contributed by atoms with van der Waals surface area (Å²) in [6, 6.07) is 13.3. The number of nitrogens with one attached hydrogen (secondary N) is 1. The van der Waals surface area contributed by atoms with Gasteiger partial charge < -0.3 is 5.32 Å². The van der Waals surface area contributed by atoms with Gasteiger partial charge in [-0.1, -0.05) is 18.2 Å². The minimum atomic E-state index is -0.478. The van der Waals surface area contributed by atoms with Crippen LogP contribution in [0, 0.1) is 11.6 Å². The van der Waals surface area contributed by atoms with Crippen LogP contribution >= 0.6 is 0 Å². The van der Waals surface area contributed by atoms with E-state index in [9.17, 15) is 13.6 Å². The first-order chi connectivity index (χ1) is 12.0. The van der Waals surface area contributed by atoms with Crippen molar-refractivity contribution in [2.75, 3.05) is 0 Å². The zero-order chi connectivity index (χ0) is 17.8. The predicted molar refractivity (Wildman–Crippen MR) is 91.9 cm³/mol. The topological polar surface area (TPSA) is 42.0 Å². The van der Waals surface area contributed by atoms with Crippen LogP contribution in [-0.4, -0.2) is 10.9 Å². The molecule has 0 bridgehead atoms. The van der Waals surface area contributed by atoms with Crippen molar-refractivity contribution in [3.63, 3.8) is 0 Å². The van der Waals surface area contributed by atoms with E-state index in [4.69, 9.17) is 0 Å². The Balaban J connectivity index is 1.76. The smallest absolute Gasteiger partial charge is 0.251 e. The maximum atomic E-state index is 14.4. The average molecular weight is 338 g/mol. The van der Waals surface area contributed by atoms with E-state index in [0.717, 1.165) is 5.56 Å². The predicted octanol–water partition coefficient (Wildman–Crippen LogP) is 4.52. The highest BCUT2D eigenvalue weighted by Crippen LogP contribution is 2.23. The summed E-state index contributed by atoms with van der Waals surface area (Å²) in [6.07, 6.45) is 3.17. The summed E-state index contributed by atoms with van der Waals surface area (Å²) in [7, 11) is 0. The Kier molecular flexibility index (Phi) is 4.84. The van der Waals surface area contributed by atoms with Crippen molar-refractivity contribution < 1.29 is 13.6 Å². The van der Waals surface area contributed by atoms with E-state index in [2.05, 4.69) is 10.3 Å². The fourth-order valence-electron chi connectivity index (χ4n) is 2.54. The Bertz CT molecular complexity index is 880. The van der Waals surface area contributed by atoms with Crippen molar-refractivity contribution in [2.24, 2.45) is 0 Å². The quantitative estimate of drug-likeness (QED) is 0.760. The number of nitrogens with zero attached hydrogens (tertiary/aromatic N) is 1. The fourth-order valence-corrected chi connectivity index (χ4v) is 2.54. The molecule has 0 aliphatic heterocycles. The maximum absolute atomic E-state index is 14.4. The molecule has 126 valence electrons. The third-order valence-corrected chi connectivity index (χ3v) is 3.94. The molecule has 0 saturated carbocycles. The number of carbonyl (C=O) groups is 1. The van der Waals surface area contributed by atoms with Crippen LogP contribution in [0.5, 0.6) is 0 Å². The highest BCUT2D eigenvalue weighted by Gasteiger charge is 2.14. The molecule has 1 amide bonds. The zero-order valence-corrected chi connectivity index (χ0v) is 13.5. The minimum absolute atomic E-state index is 0.226. The van der Waals surface area contributed by atoms with E-state index < -0.39 is 11.7 Å². The SMILES string of the molecule is C[C@H](NC(=O)c1ccc(-c2ccncc2)c(F)c1)c1ccc(F)cc1. The van der Waals surface area contributed by atoms with E-state index in [1.54, 1.807) is 55.7 Å². The van der Waals surface area contributed by atoms with Crippen LogP contribution in [0.25, 0.3) is 11.1 Å². The Morgan fingerprint density at radius 3 is 2.32 bits per heavy atom. The van der Waals surface area contributed by atoms with E-state index in [0.29, 0.717) is 11.1 Å². The van der Waals surface area contributed by atoms with Crippen molar-refractivity contribution >= 4 is 5.91 Å². The highest BCUT2D eigenvalue weighted by atomic mass is 19.1. The molecule has 1 heterocycles. The van der Waals surface area contributed by atoms with Crippen LogP contribution in [0.3, 0.4) is 0 Å². The molecule has 3 nitrogen and oxygen atoms in total. The molecule has 0 aliphatic rings. The molecule has 3 aromatic rings. The van der Waals surface area contributed by atoms with Gasteiger partial charge in [0.2, 0.25) is 0 Å². The number of carbonyl (C=O) groups excluding carboxylic acids is 1. The number of benzene rings is 2. The van der Waals surface area contributed by atoms with Gasteiger partial charge in [0, 0.05) is 23.5 Å². The van der Waals surface area contributed by atoms with Crippen LogP contribution in [0.4, 0.5) is 8.78 Å². The molecule has 0 radical (unpaired) electrons. The summed E-state index contributed by atoms with van der Waals surface area (Å²) < 4.78 is 27.3. The molecule has 1 N–H and O–H groups in total. The average Bonchev–Trinajstić information content (AvgIpc) is 2.62. The molecule has 1 aromatic heterocycles. The van der Waals surface area contributed by atoms with Crippen LogP contribution in [0.15, 0.2) is 67.0 Å². The Labute approximate surface area is 144 Å². The highest BCUT2D eigenvalue weighted by molar-refractivity contribution is 5.95. The molecule has 2 aromatic carbocycles. The zero-order valence-electron chi connectivity index (χ0n) is 13.5. The third-order valence-electron chi connectivity index (χ3n) is 3.94. The summed E-state index contributed by atoms with van der Waals surface area (Å²) in [6.45, 7) is 1.78. The van der Waals surface area contributed by atoms with Crippen LogP contribution < -0.4 is 5.32 Å². The van der Waals surface area contributed by atoms with Gasteiger partial charge in [0.05, 0.1) is 6.04 Å². The van der Waals surface area contributed by atoms with Gasteiger partial charge in [-0.05, 0) is 54.4 Å². The Morgan fingerprint density at radius 1 is 1.00 bits per heavy atom. The molecule has 5 heteroatoms. The van der Waals surface area contributed by atoms with Crippen LogP contribution in [0.2, 0.25) is 0 Å². The summed E-state index contributed by atoms with van der Waals surface area (Å²) in [4.78, 5) is 16.2. The molecule has 0 fully saturated rings. The number of hydrogen-bond acceptors (Lipinski definition) is 2. The molecular formula is C20H16F2N2O. The van der Waals surface area contributed by atoms with Crippen molar-refractivity contribution in [3.05, 3.63) is 89.8 Å². The number of pyridine rings is 1. The molecule has 1 atom stereocenters. The summed E-state index contributed by atoms with van der Waals surface area (Å²) >= 11 is 0. The number of aromatic nitrogens is 1. The molecule has 25 heavy (non-hydrogen) atoms. The Hall–Kier alpha value is -3.08. The van der Waals surface area contributed by atoms with Crippen LogP contribution in [0.1, 0.15) is 28.9 Å². The van der Waals surface area contributed by atoms with Gasteiger partial charge in [-0.25, -0.2) is 8.78 Å². The summed E-state index contributed by atoms with van der Waals surface area (Å²) in [5.41, 5.74) is 2.09.